The minimum absolute atomic E-state index is 0.0478. The van der Waals surface area contributed by atoms with Gasteiger partial charge in [-0.3, -0.25) is 19.8 Å². The Morgan fingerprint density at radius 3 is 2.38 bits per heavy atom. The highest BCUT2D eigenvalue weighted by Crippen LogP contribution is 2.36. The van der Waals surface area contributed by atoms with Crippen LogP contribution in [0.2, 0.25) is 0 Å². The molecule has 0 bridgehead atoms. The number of carboxylic acids is 1. The van der Waals surface area contributed by atoms with Crippen molar-refractivity contribution in [3.63, 3.8) is 0 Å². The minimum atomic E-state index is -1.36. The van der Waals surface area contributed by atoms with E-state index in [0.717, 1.165) is 16.7 Å². The summed E-state index contributed by atoms with van der Waals surface area (Å²) in [6.07, 6.45) is 1.60. The van der Waals surface area contributed by atoms with Crippen molar-refractivity contribution in [2.24, 2.45) is 5.92 Å². The quantitative estimate of drug-likeness (QED) is 0.341. The van der Waals surface area contributed by atoms with Crippen LogP contribution in [0.15, 0.2) is 29.2 Å². The zero-order chi connectivity index (χ0) is 18.0. The van der Waals surface area contributed by atoms with Crippen molar-refractivity contribution in [2.75, 3.05) is 0 Å². The van der Waals surface area contributed by atoms with E-state index in [2.05, 4.69) is 0 Å². The van der Waals surface area contributed by atoms with Crippen LogP contribution in [0.3, 0.4) is 0 Å². The fourth-order valence-corrected chi connectivity index (χ4v) is 3.55. The Balaban J connectivity index is 2.30. The third-order valence-corrected chi connectivity index (χ3v) is 4.82. The van der Waals surface area contributed by atoms with Gasteiger partial charge in [-0.25, -0.2) is 0 Å². The van der Waals surface area contributed by atoms with E-state index in [4.69, 9.17) is 12.2 Å². The molecule has 0 radical (unpaired) electrons. The van der Waals surface area contributed by atoms with Gasteiger partial charge in [0.05, 0.1) is 21.8 Å². The molecule has 1 saturated heterocycles. The van der Waals surface area contributed by atoms with Crippen molar-refractivity contribution < 1.29 is 19.6 Å². The normalized spacial score (nSPS) is 17.6. The van der Waals surface area contributed by atoms with Crippen LogP contribution in [-0.2, 0) is 4.79 Å². The smallest absolute Gasteiger partial charge is 0.292 e. The molecule has 0 aromatic heterocycles. The van der Waals surface area contributed by atoms with Crippen LogP contribution in [0.1, 0.15) is 19.4 Å². The van der Waals surface area contributed by atoms with Gasteiger partial charge in [-0.15, -0.1) is 0 Å². The molecule has 1 aliphatic rings. The minimum Gasteiger partial charge on any atom is -0.548 e. The van der Waals surface area contributed by atoms with E-state index in [9.17, 15) is 24.8 Å². The molecular weight excluding hydrogens is 352 g/mol. The number of carbonyl (C=O) groups excluding carboxylic acids is 2. The number of non-ortho nitro benzene ring substituents is 1. The van der Waals surface area contributed by atoms with Crippen molar-refractivity contribution >= 4 is 51.9 Å². The van der Waals surface area contributed by atoms with Gasteiger partial charge in [-0.1, -0.05) is 26.1 Å². The van der Waals surface area contributed by atoms with Crippen molar-refractivity contribution in [3.8, 4) is 0 Å². The average molecular weight is 365 g/mol. The maximum atomic E-state index is 12.2. The number of hydrogen-bond acceptors (Lipinski definition) is 7. The van der Waals surface area contributed by atoms with Crippen molar-refractivity contribution in [1.29, 1.82) is 0 Å². The highest BCUT2D eigenvalue weighted by Gasteiger charge is 2.38. The van der Waals surface area contributed by atoms with Crippen molar-refractivity contribution in [1.82, 2.24) is 4.90 Å². The molecule has 0 N–H and O–H groups in total. The number of rotatable bonds is 5. The fourth-order valence-electron chi connectivity index (χ4n) is 2.24. The van der Waals surface area contributed by atoms with Gasteiger partial charge in [0.15, 0.2) is 0 Å². The molecule has 9 heteroatoms. The Morgan fingerprint density at radius 2 is 1.92 bits per heavy atom. The summed E-state index contributed by atoms with van der Waals surface area (Å²) in [5.74, 6) is -1.73. The average Bonchev–Trinajstić information content (AvgIpc) is 2.75. The molecule has 0 unspecified atom stereocenters. The fraction of sp³-hybridized carbons (Fsp3) is 0.267. The molecule has 7 nitrogen and oxygen atoms in total. The maximum absolute atomic E-state index is 12.2. The van der Waals surface area contributed by atoms with E-state index < -0.39 is 22.2 Å². The van der Waals surface area contributed by atoms with Gasteiger partial charge in [0.2, 0.25) is 0 Å². The summed E-state index contributed by atoms with van der Waals surface area (Å²) in [4.78, 5) is 35.2. The lowest BCUT2D eigenvalue weighted by molar-refractivity contribution is -0.384. The summed E-state index contributed by atoms with van der Waals surface area (Å²) >= 11 is 6.07. The van der Waals surface area contributed by atoms with E-state index in [1.807, 2.05) is 0 Å². The molecular formula is C15H13N2O5S2-. The summed E-state index contributed by atoms with van der Waals surface area (Å²) in [7, 11) is 0. The van der Waals surface area contributed by atoms with Gasteiger partial charge in [-0.2, -0.15) is 0 Å². The Hall–Kier alpha value is -2.26. The number of nitrogens with zero attached hydrogens (tertiary/aromatic N) is 2. The number of aliphatic carboxylic acids is 1. The summed E-state index contributed by atoms with van der Waals surface area (Å²) in [5, 5.41) is 21.5. The monoisotopic (exact) mass is 365 g/mol. The zero-order valence-corrected chi connectivity index (χ0v) is 14.4. The molecule has 1 aliphatic heterocycles. The van der Waals surface area contributed by atoms with Crippen LogP contribution >= 0.6 is 24.0 Å². The molecule has 1 aromatic carbocycles. The molecule has 2 rings (SSSR count). The van der Waals surface area contributed by atoms with Crippen LogP contribution in [0, 0.1) is 16.0 Å². The Labute approximate surface area is 147 Å². The van der Waals surface area contributed by atoms with Crippen molar-refractivity contribution in [2.45, 2.75) is 19.9 Å². The standard InChI is InChI=1S/C15H14N2O5S2/c1-8(2)12(14(18)19)16-13(23)11(24-15(16)20)7-9-3-5-10(6-4-9)17(21)22/h3-8,12H,1-2H3,(H,18,19)/p-1/b11-7+/t12-/m0/s1. The van der Waals surface area contributed by atoms with Crippen LogP contribution < -0.4 is 5.11 Å². The van der Waals surface area contributed by atoms with Crippen LogP contribution in [0.5, 0.6) is 0 Å². The van der Waals surface area contributed by atoms with Crippen molar-refractivity contribution in [3.05, 3.63) is 44.8 Å². The van der Waals surface area contributed by atoms with Gasteiger partial charge in [-0.05, 0) is 41.5 Å². The number of carbonyl (C=O) groups is 2. The number of nitro benzene ring substituents is 1. The molecule has 0 spiro atoms. The maximum Gasteiger partial charge on any atom is 0.292 e. The lowest BCUT2D eigenvalue weighted by atomic mass is 10.0. The highest BCUT2D eigenvalue weighted by atomic mass is 32.2. The number of nitro groups is 1. The number of hydrogen-bond donors (Lipinski definition) is 0. The van der Waals surface area contributed by atoms with Gasteiger partial charge >= 0.3 is 0 Å². The number of amides is 1. The second-order valence-electron chi connectivity index (χ2n) is 5.41. The lowest BCUT2D eigenvalue weighted by Gasteiger charge is -2.30. The van der Waals surface area contributed by atoms with E-state index >= 15 is 0 Å². The van der Waals surface area contributed by atoms with E-state index in [1.54, 1.807) is 19.9 Å². The topological polar surface area (TPSA) is 104 Å². The molecule has 1 aromatic rings. The first-order valence-electron chi connectivity index (χ1n) is 6.94. The summed E-state index contributed by atoms with van der Waals surface area (Å²) in [6.45, 7) is 3.33. The third-order valence-electron chi connectivity index (χ3n) is 3.38. The van der Waals surface area contributed by atoms with E-state index in [-0.39, 0.29) is 16.6 Å². The summed E-state index contributed by atoms with van der Waals surface area (Å²) < 4.78 is 0. The second kappa shape index (κ2) is 7.10. The Kier molecular flexibility index (Phi) is 5.35. The lowest BCUT2D eigenvalue weighted by Crippen LogP contribution is -2.52. The molecule has 1 heterocycles. The molecule has 1 atom stereocenters. The third kappa shape index (κ3) is 3.62. The highest BCUT2D eigenvalue weighted by molar-refractivity contribution is 8.19. The largest absolute Gasteiger partial charge is 0.548 e. The summed E-state index contributed by atoms with van der Waals surface area (Å²) in [5.41, 5.74) is 0.572. The van der Waals surface area contributed by atoms with E-state index in [0.29, 0.717) is 10.5 Å². The Morgan fingerprint density at radius 1 is 1.33 bits per heavy atom. The Bertz CT molecular complexity index is 743. The molecule has 0 saturated carbocycles. The van der Waals surface area contributed by atoms with Gasteiger partial charge in [0.1, 0.15) is 4.99 Å². The predicted octanol–water partition coefficient (Wildman–Crippen LogP) is 2.21. The van der Waals surface area contributed by atoms with Crippen LogP contribution in [0.25, 0.3) is 6.08 Å². The number of benzene rings is 1. The van der Waals surface area contributed by atoms with Gasteiger partial charge in [0.25, 0.3) is 10.9 Å². The first-order chi connectivity index (χ1) is 11.2. The number of carboxylic acid groups (broad SMARTS) is 1. The first kappa shape index (κ1) is 18.1. The van der Waals surface area contributed by atoms with Crippen LogP contribution in [0.4, 0.5) is 10.5 Å². The predicted molar refractivity (Wildman–Crippen MR) is 92.1 cm³/mol. The molecule has 1 amide bonds. The molecule has 0 aliphatic carbocycles. The first-order valence-corrected chi connectivity index (χ1v) is 8.17. The molecule has 1 fully saturated rings. The van der Waals surface area contributed by atoms with Crippen LogP contribution in [-0.4, -0.2) is 32.1 Å². The molecule has 24 heavy (non-hydrogen) atoms. The van der Waals surface area contributed by atoms with Gasteiger partial charge < -0.3 is 9.90 Å². The number of thioether (sulfide) groups is 1. The molecule has 126 valence electrons. The summed E-state index contributed by atoms with van der Waals surface area (Å²) in [6, 6.07) is 4.60. The van der Waals surface area contributed by atoms with E-state index in [1.165, 1.54) is 24.3 Å². The SMILES string of the molecule is CC(C)[C@@H](C(=O)[O-])N1C(=O)S/C(=C/c2ccc([N+](=O)[O-])cc2)C1=S. The zero-order valence-electron chi connectivity index (χ0n) is 12.8. The van der Waals surface area contributed by atoms with Gasteiger partial charge in [0, 0.05) is 12.1 Å². The second-order valence-corrected chi connectivity index (χ2v) is 6.79. The number of thiocarbonyl (C=S) groups is 1.